The molecule has 1 amide bonds. The summed E-state index contributed by atoms with van der Waals surface area (Å²) in [7, 11) is 0. The maximum absolute atomic E-state index is 13.1. The lowest BCUT2D eigenvalue weighted by molar-refractivity contribution is -0.116. The number of rotatable bonds is 4. The first-order chi connectivity index (χ1) is 9.04. The molecule has 0 aliphatic carbocycles. The van der Waals surface area contributed by atoms with Crippen molar-refractivity contribution in [1.29, 1.82) is 0 Å². The number of anilines is 1. The van der Waals surface area contributed by atoms with E-state index in [1.54, 1.807) is 16.9 Å². The van der Waals surface area contributed by atoms with Gasteiger partial charge >= 0.3 is 0 Å². The number of hydrogen-bond donors (Lipinski definition) is 1. The highest BCUT2D eigenvalue weighted by Gasteiger charge is 2.06. The van der Waals surface area contributed by atoms with Crippen molar-refractivity contribution in [2.24, 2.45) is 0 Å². The van der Waals surface area contributed by atoms with Gasteiger partial charge < -0.3 is 5.32 Å². The van der Waals surface area contributed by atoms with E-state index < -0.39 is 0 Å². The molecule has 4 nitrogen and oxygen atoms in total. The number of hydrogen-bond acceptors (Lipinski definition) is 2. The van der Waals surface area contributed by atoms with Crippen molar-refractivity contribution in [1.82, 2.24) is 9.78 Å². The molecule has 2 aromatic rings. The zero-order valence-corrected chi connectivity index (χ0v) is 11.0. The molecule has 0 saturated heterocycles. The van der Waals surface area contributed by atoms with Crippen LogP contribution in [0.15, 0.2) is 30.6 Å². The number of carbonyl (C=O) groups is 1. The molecule has 0 spiro atoms. The monoisotopic (exact) mass is 261 g/mol. The number of amides is 1. The molecular weight excluding hydrogens is 245 g/mol. The molecule has 0 aliphatic rings. The van der Waals surface area contributed by atoms with Crippen LogP contribution < -0.4 is 5.32 Å². The van der Waals surface area contributed by atoms with Crippen LogP contribution >= 0.6 is 0 Å². The molecule has 0 aliphatic heterocycles. The van der Waals surface area contributed by atoms with Crippen LogP contribution in [-0.4, -0.2) is 15.7 Å². The molecular formula is C14H16FN3O. The zero-order valence-electron chi connectivity index (χ0n) is 11.0. The first-order valence-electron chi connectivity index (χ1n) is 6.09. The summed E-state index contributed by atoms with van der Waals surface area (Å²) in [4.78, 5) is 11.8. The molecule has 5 heteroatoms. The molecule has 2 rings (SSSR count). The molecule has 0 bridgehead atoms. The Morgan fingerprint density at radius 1 is 1.42 bits per heavy atom. The summed E-state index contributed by atoms with van der Waals surface area (Å²) in [5.41, 5.74) is 2.41. The normalized spacial score (nSPS) is 10.5. The summed E-state index contributed by atoms with van der Waals surface area (Å²) in [6.45, 7) is 4.28. The summed E-state index contributed by atoms with van der Waals surface area (Å²) < 4.78 is 14.8. The molecule has 1 N–H and O–H groups in total. The SMILES string of the molecule is Cc1cnn(CCC(=O)Nc2cc(F)ccc2C)c1. The minimum Gasteiger partial charge on any atom is -0.326 e. The second-order valence-corrected chi connectivity index (χ2v) is 4.54. The quantitative estimate of drug-likeness (QED) is 0.919. The topological polar surface area (TPSA) is 46.9 Å². The van der Waals surface area contributed by atoms with E-state index >= 15 is 0 Å². The van der Waals surface area contributed by atoms with E-state index in [1.807, 2.05) is 20.0 Å². The standard InChI is InChI=1S/C14H16FN3O/c1-10-8-16-18(9-10)6-5-14(19)17-13-7-12(15)4-3-11(13)2/h3-4,7-9H,5-6H2,1-2H3,(H,17,19). The molecule has 0 fully saturated rings. The van der Waals surface area contributed by atoms with Crippen molar-refractivity contribution >= 4 is 11.6 Å². The number of benzene rings is 1. The van der Waals surface area contributed by atoms with Gasteiger partial charge in [0, 0.05) is 24.8 Å². The van der Waals surface area contributed by atoms with Crippen molar-refractivity contribution < 1.29 is 9.18 Å². The average molecular weight is 261 g/mol. The van der Waals surface area contributed by atoms with Crippen molar-refractivity contribution in [3.63, 3.8) is 0 Å². The number of aromatic nitrogens is 2. The third-order valence-corrected chi connectivity index (χ3v) is 2.80. The Balaban J connectivity index is 1.92. The van der Waals surface area contributed by atoms with Crippen LogP contribution in [0.2, 0.25) is 0 Å². The average Bonchev–Trinajstić information content (AvgIpc) is 2.77. The molecule has 19 heavy (non-hydrogen) atoms. The van der Waals surface area contributed by atoms with E-state index in [2.05, 4.69) is 10.4 Å². The fourth-order valence-corrected chi connectivity index (χ4v) is 1.75. The summed E-state index contributed by atoms with van der Waals surface area (Å²) in [6.07, 6.45) is 3.92. The van der Waals surface area contributed by atoms with E-state index in [0.717, 1.165) is 11.1 Å². The van der Waals surface area contributed by atoms with E-state index in [4.69, 9.17) is 0 Å². The zero-order chi connectivity index (χ0) is 13.8. The van der Waals surface area contributed by atoms with Crippen LogP contribution in [0, 0.1) is 19.7 Å². The van der Waals surface area contributed by atoms with Gasteiger partial charge in [-0.1, -0.05) is 6.07 Å². The number of aryl methyl sites for hydroxylation is 3. The maximum Gasteiger partial charge on any atom is 0.226 e. The van der Waals surface area contributed by atoms with Crippen LogP contribution in [0.1, 0.15) is 17.5 Å². The fraction of sp³-hybridized carbons (Fsp3) is 0.286. The summed E-state index contributed by atoms with van der Waals surface area (Å²) >= 11 is 0. The lowest BCUT2D eigenvalue weighted by Crippen LogP contribution is -2.15. The maximum atomic E-state index is 13.1. The van der Waals surface area contributed by atoms with Gasteiger partial charge in [0.15, 0.2) is 0 Å². The predicted molar refractivity (Wildman–Crippen MR) is 71.3 cm³/mol. The first kappa shape index (κ1) is 13.3. The van der Waals surface area contributed by atoms with E-state index in [1.165, 1.54) is 12.1 Å². The van der Waals surface area contributed by atoms with Gasteiger partial charge in [-0.3, -0.25) is 9.48 Å². The third kappa shape index (κ3) is 3.64. The highest BCUT2D eigenvalue weighted by atomic mass is 19.1. The van der Waals surface area contributed by atoms with Gasteiger partial charge in [-0.2, -0.15) is 5.10 Å². The van der Waals surface area contributed by atoms with Crippen LogP contribution in [-0.2, 0) is 11.3 Å². The number of carbonyl (C=O) groups excluding carboxylic acids is 1. The van der Waals surface area contributed by atoms with E-state index in [0.29, 0.717) is 18.7 Å². The highest BCUT2D eigenvalue weighted by molar-refractivity contribution is 5.91. The van der Waals surface area contributed by atoms with Gasteiger partial charge in [-0.25, -0.2) is 4.39 Å². The van der Waals surface area contributed by atoms with E-state index in [-0.39, 0.29) is 11.7 Å². The van der Waals surface area contributed by atoms with Gasteiger partial charge in [0.2, 0.25) is 5.91 Å². The lowest BCUT2D eigenvalue weighted by Gasteiger charge is -2.08. The predicted octanol–water partition coefficient (Wildman–Crippen LogP) is 2.67. The van der Waals surface area contributed by atoms with Gasteiger partial charge in [0.1, 0.15) is 5.82 Å². The van der Waals surface area contributed by atoms with Crippen LogP contribution in [0.3, 0.4) is 0 Å². The molecule has 0 radical (unpaired) electrons. The van der Waals surface area contributed by atoms with Crippen molar-refractivity contribution in [2.45, 2.75) is 26.8 Å². The number of nitrogens with one attached hydrogen (secondary N) is 1. The molecule has 0 unspecified atom stereocenters. The van der Waals surface area contributed by atoms with Gasteiger partial charge in [0.25, 0.3) is 0 Å². The highest BCUT2D eigenvalue weighted by Crippen LogP contribution is 2.16. The second kappa shape index (κ2) is 5.65. The lowest BCUT2D eigenvalue weighted by atomic mass is 10.2. The van der Waals surface area contributed by atoms with Crippen LogP contribution in [0.25, 0.3) is 0 Å². The minimum atomic E-state index is -0.358. The third-order valence-electron chi connectivity index (χ3n) is 2.80. The molecule has 0 saturated carbocycles. The van der Waals surface area contributed by atoms with Gasteiger partial charge in [0.05, 0.1) is 6.20 Å². The van der Waals surface area contributed by atoms with Crippen LogP contribution in [0.5, 0.6) is 0 Å². The summed E-state index contributed by atoms with van der Waals surface area (Å²) in [6, 6.07) is 4.34. The molecule has 100 valence electrons. The largest absolute Gasteiger partial charge is 0.326 e. The van der Waals surface area contributed by atoms with E-state index in [9.17, 15) is 9.18 Å². The number of nitrogens with zero attached hydrogens (tertiary/aromatic N) is 2. The van der Waals surface area contributed by atoms with Crippen LogP contribution in [0.4, 0.5) is 10.1 Å². The van der Waals surface area contributed by atoms with Crippen molar-refractivity contribution in [3.8, 4) is 0 Å². The molecule has 1 aromatic heterocycles. The molecule has 0 atom stereocenters. The van der Waals surface area contributed by atoms with Crippen molar-refractivity contribution in [2.75, 3.05) is 5.32 Å². The summed E-state index contributed by atoms with van der Waals surface area (Å²) in [5.74, 6) is -0.509. The Kier molecular flexibility index (Phi) is 3.94. The minimum absolute atomic E-state index is 0.151. The molecule has 1 aromatic carbocycles. The van der Waals surface area contributed by atoms with Crippen molar-refractivity contribution in [3.05, 3.63) is 47.5 Å². The fourth-order valence-electron chi connectivity index (χ4n) is 1.75. The molecule has 1 heterocycles. The Morgan fingerprint density at radius 3 is 2.89 bits per heavy atom. The number of halogens is 1. The first-order valence-corrected chi connectivity index (χ1v) is 6.09. The Bertz CT molecular complexity index is 592. The second-order valence-electron chi connectivity index (χ2n) is 4.54. The summed E-state index contributed by atoms with van der Waals surface area (Å²) in [5, 5.41) is 6.81. The Labute approximate surface area is 111 Å². The van der Waals surface area contributed by atoms with Gasteiger partial charge in [-0.15, -0.1) is 0 Å². The Morgan fingerprint density at radius 2 is 2.21 bits per heavy atom. The van der Waals surface area contributed by atoms with Gasteiger partial charge in [-0.05, 0) is 37.1 Å². The Hall–Kier alpha value is -2.17. The smallest absolute Gasteiger partial charge is 0.226 e.